The Morgan fingerprint density at radius 1 is 1.45 bits per heavy atom. The molecular formula is C13H17FN2O3S. The Kier molecular flexibility index (Phi) is 7.03. The van der Waals surface area contributed by atoms with E-state index in [-0.39, 0.29) is 18.0 Å². The fraction of sp³-hybridized carbons (Fsp3) is 0.385. The molecule has 0 spiro atoms. The van der Waals surface area contributed by atoms with Gasteiger partial charge in [-0.05, 0) is 12.1 Å². The smallest absolute Gasteiger partial charge is 0.323 e. The predicted octanol–water partition coefficient (Wildman–Crippen LogP) is 1.39. The summed E-state index contributed by atoms with van der Waals surface area (Å²) < 4.78 is 17.8. The average Bonchev–Trinajstić information content (AvgIpc) is 2.45. The first kappa shape index (κ1) is 16.5. The summed E-state index contributed by atoms with van der Waals surface area (Å²) in [5, 5.41) is 2.48. The summed E-state index contributed by atoms with van der Waals surface area (Å²) >= 11 is 1.37. The normalized spacial score (nSPS) is 11.8. The first-order chi connectivity index (χ1) is 9.54. The van der Waals surface area contributed by atoms with Gasteiger partial charge in [0, 0.05) is 17.9 Å². The van der Waals surface area contributed by atoms with E-state index in [2.05, 4.69) is 10.1 Å². The van der Waals surface area contributed by atoms with Crippen LogP contribution in [-0.2, 0) is 14.3 Å². The highest BCUT2D eigenvalue weighted by molar-refractivity contribution is 7.99. The highest BCUT2D eigenvalue weighted by Crippen LogP contribution is 2.13. The van der Waals surface area contributed by atoms with Gasteiger partial charge in [0.15, 0.2) is 0 Å². The van der Waals surface area contributed by atoms with Crippen molar-refractivity contribution >= 4 is 29.3 Å². The number of anilines is 1. The SMILES string of the molecule is COC(=O)C(N)CSCCC(=O)Nc1ccccc1F. The Bertz CT molecular complexity index is 471. The lowest BCUT2D eigenvalue weighted by Crippen LogP contribution is -2.34. The molecule has 1 amide bonds. The van der Waals surface area contributed by atoms with Crippen molar-refractivity contribution in [3.8, 4) is 0 Å². The van der Waals surface area contributed by atoms with Crippen molar-refractivity contribution in [1.82, 2.24) is 0 Å². The van der Waals surface area contributed by atoms with E-state index >= 15 is 0 Å². The number of methoxy groups -OCH3 is 1. The molecule has 1 aromatic rings. The molecule has 0 aliphatic heterocycles. The molecule has 1 atom stereocenters. The Morgan fingerprint density at radius 2 is 2.15 bits per heavy atom. The zero-order chi connectivity index (χ0) is 15.0. The van der Waals surface area contributed by atoms with Gasteiger partial charge in [-0.15, -0.1) is 0 Å². The van der Waals surface area contributed by atoms with Crippen molar-refractivity contribution in [2.45, 2.75) is 12.5 Å². The summed E-state index contributed by atoms with van der Waals surface area (Å²) in [7, 11) is 1.27. The number of amides is 1. The Hall–Kier alpha value is -1.60. The van der Waals surface area contributed by atoms with Gasteiger partial charge >= 0.3 is 5.97 Å². The summed E-state index contributed by atoms with van der Waals surface area (Å²) in [6.45, 7) is 0. The van der Waals surface area contributed by atoms with Crippen LogP contribution in [0.3, 0.4) is 0 Å². The van der Waals surface area contributed by atoms with Crippen LogP contribution in [0.4, 0.5) is 10.1 Å². The minimum atomic E-state index is -0.695. The minimum absolute atomic E-state index is 0.161. The molecule has 1 unspecified atom stereocenters. The number of ether oxygens (including phenoxy) is 1. The van der Waals surface area contributed by atoms with Crippen LogP contribution in [0.2, 0.25) is 0 Å². The Balaban J connectivity index is 2.24. The fourth-order valence-corrected chi connectivity index (χ4v) is 2.26. The summed E-state index contributed by atoms with van der Waals surface area (Å²) in [5.74, 6) is -0.367. The lowest BCUT2D eigenvalue weighted by atomic mass is 10.3. The van der Waals surface area contributed by atoms with Gasteiger partial charge in [-0.1, -0.05) is 12.1 Å². The third kappa shape index (κ3) is 5.58. The summed E-state index contributed by atoms with van der Waals surface area (Å²) in [4.78, 5) is 22.6. The molecule has 7 heteroatoms. The van der Waals surface area contributed by atoms with E-state index in [9.17, 15) is 14.0 Å². The molecule has 20 heavy (non-hydrogen) atoms. The second-order valence-electron chi connectivity index (χ2n) is 3.98. The quantitative estimate of drug-likeness (QED) is 0.587. The van der Waals surface area contributed by atoms with Crippen molar-refractivity contribution in [3.63, 3.8) is 0 Å². The lowest BCUT2D eigenvalue weighted by molar-refractivity contribution is -0.141. The third-order valence-electron chi connectivity index (χ3n) is 2.42. The van der Waals surface area contributed by atoms with Crippen molar-refractivity contribution < 1.29 is 18.7 Å². The van der Waals surface area contributed by atoms with Crippen LogP contribution in [0.1, 0.15) is 6.42 Å². The highest BCUT2D eigenvalue weighted by atomic mass is 32.2. The number of hydrogen-bond donors (Lipinski definition) is 2. The van der Waals surface area contributed by atoms with Gasteiger partial charge in [-0.3, -0.25) is 9.59 Å². The van der Waals surface area contributed by atoms with Crippen molar-refractivity contribution in [2.24, 2.45) is 5.73 Å². The molecule has 0 fully saturated rings. The monoisotopic (exact) mass is 300 g/mol. The maximum absolute atomic E-state index is 13.3. The largest absolute Gasteiger partial charge is 0.468 e. The average molecular weight is 300 g/mol. The van der Waals surface area contributed by atoms with E-state index in [0.717, 1.165) is 0 Å². The number of nitrogens with one attached hydrogen (secondary N) is 1. The van der Waals surface area contributed by atoms with Crippen LogP contribution < -0.4 is 11.1 Å². The number of rotatable bonds is 7. The first-order valence-electron chi connectivity index (χ1n) is 6.00. The molecule has 0 aliphatic rings. The van der Waals surface area contributed by atoms with Gasteiger partial charge in [0.25, 0.3) is 0 Å². The van der Waals surface area contributed by atoms with Crippen molar-refractivity contribution in [2.75, 3.05) is 23.9 Å². The molecule has 1 rings (SSSR count). The van der Waals surface area contributed by atoms with E-state index in [1.165, 1.54) is 31.0 Å². The number of hydrogen-bond acceptors (Lipinski definition) is 5. The van der Waals surface area contributed by atoms with Gasteiger partial charge in [0.2, 0.25) is 5.91 Å². The number of halogens is 1. The zero-order valence-electron chi connectivity index (χ0n) is 11.1. The van der Waals surface area contributed by atoms with Gasteiger partial charge < -0.3 is 15.8 Å². The second kappa shape index (κ2) is 8.55. The van der Waals surface area contributed by atoms with Crippen LogP contribution in [-0.4, -0.2) is 36.5 Å². The number of thioether (sulfide) groups is 1. The summed E-state index contributed by atoms with van der Waals surface area (Å²) in [6.07, 6.45) is 0.215. The van der Waals surface area contributed by atoms with Gasteiger partial charge in [-0.2, -0.15) is 11.8 Å². The van der Waals surface area contributed by atoms with E-state index in [1.807, 2.05) is 0 Å². The molecule has 0 saturated carbocycles. The van der Waals surface area contributed by atoms with Crippen LogP contribution in [0.5, 0.6) is 0 Å². The van der Waals surface area contributed by atoms with Crippen molar-refractivity contribution in [1.29, 1.82) is 0 Å². The molecular weight excluding hydrogens is 283 g/mol. The lowest BCUT2D eigenvalue weighted by Gasteiger charge is -2.09. The zero-order valence-corrected chi connectivity index (χ0v) is 11.9. The number of para-hydroxylation sites is 1. The van der Waals surface area contributed by atoms with Crippen LogP contribution in [0.25, 0.3) is 0 Å². The number of carbonyl (C=O) groups is 2. The Labute approximate surface area is 121 Å². The molecule has 3 N–H and O–H groups in total. The predicted molar refractivity (Wildman–Crippen MR) is 77.0 cm³/mol. The standard InChI is InChI=1S/C13H17FN2O3S/c1-19-13(18)10(15)8-20-7-6-12(17)16-11-5-3-2-4-9(11)14/h2-5,10H,6-8,15H2,1H3,(H,16,17). The molecule has 0 saturated heterocycles. The molecule has 5 nitrogen and oxygen atoms in total. The molecule has 0 radical (unpaired) electrons. The molecule has 0 aromatic heterocycles. The van der Waals surface area contributed by atoms with Crippen LogP contribution in [0, 0.1) is 5.82 Å². The van der Waals surface area contributed by atoms with Crippen LogP contribution in [0.15, 0.2) is 24.3 Å². The first-order valence-corrected chi connectivity index (χ1v) is 7.15. The molecule has 0 heterocycles. The topological polar surface area (TPSA) is 81.4 Å². The maximum atomic E-state index is 13.3. The van der Waals surface area contributed by atoms with Gasteiger partial charge in [0.1, 0.15) is 11.9 Å². The number of carbonyl (C=O) groups excluding carboxylic acids is 2. The number of benzene rings is 1. The number of esters is 1. The molecule has 110 valence electrons. The van der Waals surface area contributed by atoms with Crippen molar-refractivity contribution in [3.05, 3.63) is 30.1 Å². The molecule has 0 bridgehead atoms. The Morgan fingerprint density at radius 3 is 2.80 bits per heavy atom. The van der Waals surface area contributed by atoms with E-state index in [1.54, 1.807) is 12.1 Å². The number of nitrogens with two attached hydrogens (primary N) is 1. The van der Waals surface area contributed by atoms with Crippen LogP contribution >= 0.6 is 11.8 Å². The molecule has 1 aromatic carbocycles. The van der Waals surface area contributed by atoms with E-state index in [0.29, 0.717) is 11.5 Å². The highest BCUT2D eigenvalue weighted by Gasteiger charge is 2.13. The second-order valence-corrected chi connectivity index (χ2v) is 5.13. The third-order valence-corrected chi connectivity index (χ3v) is 3.51. The van der Waals surface area contributed by atoms with E-state index < -0.39 is 17.8 Å². The summed E-state index contributed by atoms with van der Waals surface area (Å²) in [6, 6.07) is 5.27. The van der Waals surface area contributed by atoms with E-state index in [4.69, 9.17) is 5.73 Å². The van der Waals surface area contributed by atoms with Gasteiger partial charge in [0.05, 0.1) is 12.8 Å². The van der Waals surface area contributed by atoms with Gasteiger partial charge in [-0.25, -0.2) is 4.39 Å². The maximum Gasteiger partial charge on any atom is 0.323 e. The fourth-order valence-electron chi connectivity index (χ4n) is 1.37. The molecule has 0 aliphatic carbocycles. The summed E-state index contributed by atoms with van der Waals surface area (Å²) in [5.41, 5.74) is 5.70. The minimum Gasteiger partial charge on any atom is -0.468 e.